The van der Waals surface area contributed by atoms with Crippen LogP contribution in [0.5, 0.6) is 0 Å². The highest BCUT2D eigenvalue weighted by Crippen LogP contribution is 2.39. The first-order valence-corrected chi connectivity index (χ1v) is 10.2. The minimum Gasteiger partial charge on any atom is -0.453 e. The summed E-state index contributed by atoms with van der Waals surface area (Å²) >= 11 is 1.41. The van der Waals surface area contributed by atoms with Gasteiger partial charge < -0.3 is 10.1 Å². The number of imide groups is 1. The number of ether oxygens (including phenoxy) is 1. The van der Waals surface area contributed by atoms with Gasteiger partial charge in [0.1, 0.15) is 5.00 Å². The Morgan fingerprint density at radius 3 is 2.69 bits per heavy atom. The van der Waals surface area contributed by atoms with Crippen molar-refractivity contribution in [2.45, 2.75) is 25.7 Å². The van der Waals surface area contributed by atoms with Gasteiger partial charge in [-0.25, -0.2) is 4.79 Å². The van der Waals surface area contributed by atoms with Crippen molar-refractivity contribution in [3.63, 3.8) is 0 Å². The van der Waals surface area contributed by atoms with Gasteiger partial charge in [-0.1, -0.05) is 42.5 Å². The Bertz CT molecular complexity index is 1110. The first-order chi connectivity index (χ1) is 14.1. The lowest BCUT2D eigenvalue weighted by Crippen LogP contribution is -2.31. The highest BCUT2D eigenvalue weighted by atomic mass is 32.1. The van der Waals surface area contributed by atoms with Crippen molar-refractivity contribution in [2.75, 3.05) is 12.4 Å². The fraction of sp³-hybridized carbons (Fsp3) is 0.227. The number of carbonyl (C=O) groups is 3. The molecule has 0 spiro atoms. The van der Waals surface area contributed by atoms with Gasteiger partial charge in [-0.05, 0) is 41.2 Å². The zero-order chi connectivity index (χ0) is 20.4. The van der Waals surface area contributed by atoms with Crippen molar-refractivity contribution in [3.8, 4) is 0 Å². The van der Waals surface area contributed by atoms with Crippen LogP contribution in [0.2, 0.25) is 0 Å². The third-order valence-corrected chi connectivity index (χ3v) is 6.24. The summed E-state index contributed by atoms with van der Waals surface area (Å²) in [6, 6.07) is 13.8. The van der Waals surface area contributed by atoms with Gasteiger partial charge in [-0.3, -0.25) is 14.9 Å². The molecule has 7 heteroatoms. The number of carbonyl (C=O) groups excluding carboxylic acids is 3. The van der Waals surface area contributed by atoms with Crippen LogP contribution in [0.15, 0.2) is 42.5 Å². The Morgan fingerprint density at radius 2 is 1.86 bits per heavy atom. The van der Waals surface area contributed by atoms with Crippen LogP contribution >= 0.6 is 11.3 Å². The molecule has 148 valence electrons. The molecule has 1 aromatic heterocycles. The van der Waals surface area contributed by atoms with E-state index in [1.807, 2.05) is 42.5 Å². The average Bonchev–Trinajstić information content (AvgIpc) is 3.28. The molecule has 0 fully saturated rings. The Balaban J connectivity index is 1.58. The number of anilines is 1. The summed E-state index contributed by atoms with van der Waals surface area (Å²) < 4.78 is 4.52. The molecule has 2 N–H and O–H groups in total. The Morgan fingerprint density at radius 1 is 1.07 bits per heavy atom. The molecule has 3 amide bonds. The first kappa shape index (κ1) is 19.1. The highest BCUT2D eigenvalue weighted by molar-refractivity contribution is 7.17. The molecule has 3 aromatic rings. The van der Waals surface area contributed by atoms with Crippen molar-refractivity contribution in [1.82, 2.24) is 5.32 Å². The van der Waals surface area contributed by atoms with E-state index in [-0.39, 0.29) is 12.3 Å². The summed E-state index contributed by atoms with van der Waals surface area (Å²) in [4.78, 5) is 38.0. The molecule has 0 unspecified atom stereocenters. The number of aryl methyl sites for hydroxylation is 1. The maximum atomic E-state index is 12.8. The van der Waals surface area contributed by atoms with E-state index in [1.165, 1.54) is 18.4 Å². The topological polar surface area (TPSA) is 84.5 Å². The van der Waals surface area contributed by atoms with E-state index >= 15 is 0 Å². The second-order valence-electron chi connectivity index (χ2n) is 6.87. The summed E-state index contributed by atoms with van der Waals surface area (Å²) in [7, 11) is 1.20. The molecule has 0 bridgehead atoms. The second kappa shape index (κ2) is 8.05. The maximum absolute atomic E-state index is 12.8. The van der Waals surface area contributed by atoms with Crippen LogP contribution in [-0.2, 0) is 28.8 Å². The van der Waals surface area contributed by atoms with Crippen LogP contribution in [0.3, 0.4) is 0 Å². The number of fused-ring (bicyclic) bond motifs is 2. The van der Waals surface area contributed by atoms with Crippen molar-refractivity contribution in [2.24, 2.45) is 0 Å². The highest BCUT2D eigenvalue weighted by Gasteiger charge is 2.28. The van der Waals surface area contributed by atoms with Crippen LogP contribution in [0.25, 0.3) is 10.8 Å². The van der Waals surface area contributed by atoms with E-state index in [9.17, 15) is 14.4 Å². The van der Waals surface area contributed by atoms with Crippen molar-refractivity contribution < 1.29 is 19.1 Å². The van der Waals surface area contributed by atoms with Crippen LogP contribution < -0.4 is 10.6 Å². The number of hydrogen-bond donors (Lipinski definition) is 2. The lowest BCUT2D eigenvalue weighted by molar-refractivity contribution is -0.115. The van der Waals surface area contributed by atoms with Gasteiger partial charge in [-0.15, -0.1) is 11.3 Å². The van der Waals surface area contributed by atoms with E-state index in [4.69, 9.17) is 0 Å². The van der Waals surface area contributed by atoms with E-state index in [0.29, 0.717) is 10.6 Å². The maximum Gasteiger partial charge on any atom is 0.413 e. The zero-order valence-electron chi connectivity index (χ0n) is 15.9. The molecule has 4 rings (SSSR count). The van der Waals surface area contributed by atoms with E-state index < -0.39 is 12.0 Å². The van der Waals surface area contributed by atoms with Gasteiger partial charge >= 0.3 is 6.09 Å². The standard InChI is InChI=1S/C22H20N2O4S/c1-28-22(27)24-20(26)19-16-10-5-11-17(16)29-21(19)23-18(25)12-14-8-4-7-13-6-2-3-9-15(13)14/h2-4,6-9H,5,10-12H2,1H3,(H,23,25)(H,24,26,27). The molecule has 0 saturated heterocycles. The minimum atomic E-state index is -0.819. The second-order valence-corrected chi connectivity index (χ2v) is 7.98. The van der Waals surface area contributed by atoms with Gasteiger partial charge in [0, 0.05) is 4.88 Å². The largest absolute Gasteiger partial charge is 0.453 e. The monoisotopic (exact) mass is 408 g/mol. The molecule has 2 aromatic carbocycles. The van der Waals surface area contributed by atoms with Crippen molar-refractivity contribution >= 4 is 45.0 Å². The molecular weight excluding hydrogens is 388 g/mol. The Kier molecular flexibility index (Phi) is 5.31. The molecule has 0 saturated carbocycles. The summed E-state index contributed by atoms with van der Waals surface area (Å²) in [5, 5.41) is 7.69. The van der Waals surface area contributed by atoms with Crippen molar-refractivity contribution in [3.05, 3.63) is 64.0 Å². The Labute approximate surface area is 171 Å². The molecule has 1 heterocycles. The van der Waals surface area contributed by atoms with Crippen LogP contribution in [-0.4, -0.2) is 25.0 Å². The van der Waals surface area contributed by atoms with E-state index in [0.717, 1.165) is 46.0 Å². The molecule has 1 aliphatic carbocycles. The molecule has 0 radical (unpaired) electrons. The molecule has 0 aliphatic heterocycles. The number of thiophene rings is 1. The van der Waals surface area contributed by atoms with E-state index in [1.54, 1.807) is 0 Å². The van der Waals surface area contributed by atoms with Gasteiger partial charge in [0.25, 0.3) is 5.91 Å². The van der Waals surface area contributed by atoms with Gasteiger partial charge in [0.15, 0.2) is 0 Å². The molecule has 6 nitrogen and oxygen atoms in total. The normalized spacial score (nSPS) is 12.4. The number of nitrogens with one attached hydrogen (secondary N) is 2. The number of alkyl carbamates (subject to hydrolysis) is 1. The fourth-order valence-corrected chi connectivity index (χ4v) is 5.03. The summed E-state index contributed by atoms with van der Waals surface area (Å²) in [5.74, 6) is -0.745. The lowest BCUT2D eigenvalue weighted by atomic mass is 10.0. The predicted molar refractivity (Wildman–Crippen MR) is 112 cm³/mol. The van der Waals surface area contributed by atoms with Crippen LogP contribution in [0.1, 0.15) is 32.8 Å². The zero-order valence-corrected chi connectivity index (χ0v) is 16.7. The third-order valence-electron chi connectivity index (χ3n) is 5.03. The average molecular weight is 408 g/mol. The number of rotatable bonds is 4. The third kappa shape index (κ3) is 3.86. The molecule has 29 heavy (non-hydrogen) atoms. The lowest BCUT2D eigenvalue weighted by Gasteiger charge is -2.10. The number of amides is 3. The SMILES string of the molecule is COC(=O)NC(=O)c1c(NC(=O)Cc2cccc3ccccc23)sc2c1CCC2. The summed E-state index contributed by atoms with van der Waals surface area (Å²) in [5.41, 5.74) is 2.21. The first-order valence-electron chi connectivity index (χ1n) is 9.37. The fourth-order valence-electron chi connectivity index (χ4n) is 3.73. The van der Waals surface area contributed by atoms with Crippen LogP contribution in [0.4, 0.5) is 9.80 Å². The minimum absolute atomic E-state index is 0.196. The van der Waals surface area contributed by atoms with Gasteiger partial charge in [-0.2, -0.15) is 0 Å². The molecule has 0 atom stereocenters. The summed E-state index contributed by atoms with van der Waals surface area (Å²) in [6.45, 7) is 0. The smallest absolute Gasteiger partial charge is 0.413 e. The molecule has 1 aliphatic rings. The van der Waals surface area contributed by atoms with Crippen LogP contribution in [0, 0.1) is 0 Å². The Hall–Kier alpha value is -3.19. The quantitative estimate of drug-likeness (QED) is 0.682. The predicted octanol–water partition coefficient (Wildman–Crippen LogP) is 4.07. The van der Waals surface area contributed by atoms with Crippen molar-refractivity contribution in [1.29, 1.82) is 0 Å². The number of methoxy groups -OCH3 is 1. The number of benzene rings is 2. The molecular formula is C22H20N2O4S. The number of hydrogen-bond acceptors (Lipinski definition) is 5. The summed E-state index contributed by atoms with van der Waals surface area (Å²) in [6.07, 6.45) is 1.97. The van der Waals surface area contributed by atoms with Gasteiger partial charge in [0.05, 0.1) is 19.1 Å². The van der Waals surface area contributed by atoms with Gasteiger partial charge in [0.2, 0.25) is 5.91 Å². The van der Waals surface area contributed by atoms with E-state index in [2.05, 4.69) is 15.4 Å².